The van der Waals surface area contributed by atoms with Crippen LogP contribution in [0.25, 0.3) is 22.5 Å². The van der Waals surface area contributed by atoms with E-state index in [9.17, 15) is 4.39 Å². The van der Waals surface area contributed by atoms with Crippen molar-refractivity contribution in [1.29, 1.82) is 0 Å². The molecule has 7 nitrogen and oxygen atoms in total. The van der Waals surface area contributed by atoms with Crippen LogP contribution in [0.15, 0.2) is 34.7 Å². The van der Waals surface area contributed by atoms with Gasteiger partial charge in [0.15, 0.2) is 11.5 Å². The topological polar surface area (TPSA) is 76.4 Å². The van der Waals surface area contributed by atoms with E-state index in [0.29, 0.717) is 52.3 Å². The summed E-state index contributed by atoms with van der Waals surface area (Å²) in [5, 5.41) is 0.481. The second kappa shape index (κ2) is 7.30. The number of nitrogens with one attached hydrogen (secondary N) is 1. The zero-order valence-corrected chi connectivity index (χ0v) is 17.1. The molecule has 5 rings (SSSR count). The minimum absolute atomic E-state index is 0.171. The maximum Gasteiger partial charge on any atom is 0.231 e. The van der Waals surface area contributed by atoms with Crippen LogP contribution in [0, 0.1) is 12.7 Å². The third kappa shape index (κ3) is 3.48. The van der Waals surface area contributed by atoms with Crippen LogP contribution in [-0.4, -0.2) is 33.7 Å². The van der Waals surface area contributed by atoms with Crippen LogP contribution in [-0.2, 0) is 13.1 Å². The fourth-order valence-corrected chi connectivity index (χ4v) is 3.68. The van der Waals surface area contributed by atoms with Gasteiger partial charge < -0.3 is 18.9 Å². The predicted octanol–water partition coefficient (Wildman–Crippen LogP) is 4.68. The summed E-state index contributed by atoms with van der Waals surface area (Å²) in [6.07, 6.45) is 0. The third-order valence-electron chi connectivity index (χ3n) is 4.92. The van der Waals surface area contributed by atoms with E-state index in [1.807, 2.05) is 18.9 Å². The van der Waals surface area contributed by atoms with E-state index in [-0.39, 0.29) is 12.6 Å². The first kappa shape index (κ1) is 18.9. The number of aromatic nitrogens is 3. The van der Waals surface area contributed by atoms with Crippen LogP contribution in [0.3, 0.4) is 0 Å². The summed E-state index contributed by atoms with van der Waals surface area (Å²) in [7, 11) is 1.95. The van der Waals surface area contributed by atoms with Crippen molar-refractivity contribution in [2.45, 2.75) is 20.0 Å². The number of imidazole rings is 1. The second-order valence-electron chi connectivity index (χ2n) is 7.22. The van der Waals surface area contributed by atoms with Crippen LogP contribution in [0.2, 0.25) is 5.02 Å². The molecule has 2 aromatic carbocycles. The molecular weight excluding hydrogens is 411 g/mol. The first-order valence-electron chi connectivity index (χ1n) is 9.35. The fraction of sp³-hybridized carbons (Fsp3) is 0.238. The van der Waals surface area contributed by atoms with Gasteiger partial charge in [-0.2, -0.15) is 0 Å². The first-order valence-corrected chi connectivity index (χ1v) is 9.72. The van der Waals surface area contributed by atoms with Gasteiger partial charge in [0, 0.05) is 12.6 Å². The molecule has 154 valence electrons. The summed E-state index contributed by atoms with van der Waals surface area (Å²) in [4.78, 5) is 14.3. The van der Waals surface area contributed by atoms with E-state index >= 15 is 0 Å². The number of ether oxygens (including phenoxy) is 2. The highest BCUT2D eigenvalue weighted by Crippen LogP contribution is 2.41. The molecule has 0 atom stereocenters. The van der Waals surface area contributed by atoms with Gasteiger partial charge in [0.25, 0.3) is 0 Å². The van der Waals surface area contributed by atoms with E-state index in [4.69, 9.17) is 25.5 Å². The number of oxazole rings is 1. The van der Waals surface area contributed by atoms with Gasteiger partial charge in [-0.3, -0.25) is 4.90 Å². The van der Waals surface area contributed by atoms with Crippen LogP contribution in [0.4, 0.5) is 4.39 Å². The van der Waals surface area contributed by atoms with Crippen molar-refractivity contribution < 1.29 is 18.3 Å². The minimum Gasteiger partial charge on any atom is -0.454 e. The van der Waals surface area contributed by atoms with Gasteiger partial charge in [0.2, 0.25) is 12.7 Å². The zero-order chi connectivity index (χ0) is 20.8. The summed E-state index contributed by atoms with van der Waals surface area (Å²) in [6, 6.07) is 7.98. The van der Waals surface area contributed by atoms with Crippen LogP contribution in [0.5, 0.6) is 11.5 Å². The summed E-state index contributed by atoms with van der Waals surface area (Å²) in [6.45, 7) is 3.13. The number of H-pyrrole nitrogens is 1. The SMILES string of the molecule is Cc1oc(-c2cc3c(cc2Cl)OCO3)nc1CN(C)Cc1nc2ccc(F)cc2[nH]1. The van der Waals surface area contributed by atoms with Crippen molar-refractivity contribution in [2.75, 3.05) is 13.8 Å². The molecule has 0 saturated heterocycles. The Labute approximate surface area is 176 Å². The normalized spacial score (nSPS) is 13.0. The van der Waals surface area contributed by atoms with Gasteiger partial charge in [0.05, 0.1) is 33.9 Å². The number of hydrogen-bond donors (Lipinski definition) is 1. The Kier molecular flexibility index (Phi) is 4.60. The maximum absolute atomic E-state index is 13.4. The first-order chi connectivity index (χ1) is 14.5. The minimum atomic E-state index is -0.293. The number of benzene rings is 2. The highest BCUT2D eigenvalue weighted by atomic mass is 35.5. The molecule has 0 fully saturated rings. The van der Waals surface area contributed by atoms with Gasteiger partial charge in [0.1, 0.15) is 17.4 Å². The summed E-state index contributed by atoms with van der Waals surface area (Å²) in [5.74, 6) is 2.82. The average Bonchev–Trinajstić information content (AvgIpc) is 3.39. The highest BCUT2D eigenvalue weighted by Gasteiger charge is 2.21. The lowest BCUT2D eigenvalue weighted by Gasteiger charge is -2.13. The second-order valence-corrected chi connectivity index (χ2v) is 7.63. The number of halogens is 2. The van der Waals surface area contributed by atoms with Crippen molar-refractivity contribution in [3.8, 4) is 23.0 Å². The predicted molar refractivity (Wildman–Crippen MR) is 109 cm³/mol. The Balaban J connectivity index is 1.34. The molecule has 0 saturated carbocycles. The smallest absolute Gasteiger partial charge is 0.231 e. The van der Waals surface area contributed by atoms with Crippen LogP contribution < -0.4 is 9.47 Å². The Morgan fingerprint density at radius 2 is 1.93 bits per heavy atom. The molecule has 0 bridgehead atoms. The average molecular weight is 429 g/mol. The van der Waals surface area contributed by atoms with Crippen LogP contribution >= 0.6 is 11.6 Å². The number of rotatable bonds is 5. The van der Waals surface area contributed by atoms with Crippen molar-refractivity contribution in [3.05, 3.63) is 58.5 Å². The van der Waals surface area contributed by atoms with Gasteiger partial charge in [-0.15, -0.1) is 0 Å². The third-order valence-corrected chi connectivity index (χ3v) is 5.23. The van der Waals surface area contributed by atoms with E-state index < -0.39 is 0 Å². The van der Waals surface area contributed by atoms with E-state index in [1.165, 1.54) is 12.1 Å². The molecule has 2 aromatic heterocycles. The van der Waals surface area contributed by atoms with E-state index in [2.05, 4.69) is 15.0 Å². The Morgan fingerprint density at radius 1 is 1.13 bits per heavy atom. The standard InChI is InChI=1S/C21H18ClFN4O3/c1-11-17(8-27(2)9-20-24-15-4-3-12(23)5-16(15)25-20)26-21(30-11)13-6-18-19(7-14(13)22)29-10-28-18/h3-7H,8-10H2,1-2H3,(H,24,25). The lowest BCUT2D eigenvalue weighted by Crippen LogP contribution is -2.18. The van der Waals surface area contributed by atoms with Gasteiger partial charge in [-0.25, -0.2) is 14.4 Å². The zero-order valence-electron chi connectivity index (χ0n) is 16.3. The number of aromatic amines is 1. The van der Waals surface area contributed by atoms with Crippen molar-refractivity contribution in [1.82, 2.24) is 19.9 Å². The van der Waals surface area contributed by atoms with Gasteiger partial charge in [-0.05, 0) is 38.2 Å². The van der Waals surface area contributed by atoms with Crippen molar-refractivity contribution in [3.63, 3.8) is 0 Å². The van der Waals surface area contributed by atoms with Gasteiger partial charge >= 0.3 is 0 Å². The monoisotopic (exact) mass is 428 g/mol. The molecule has 0 unspecified atom stereocenters. The Hall–Kier alpha value is -3.10. The molecule has 1 N–H and O–H groups in total. The molecule has 1 aliphatic rings. The number of hydrogen-bond acceptors (Lipinski definition) is 6. The molecule has 9 heteroatoms. The summed E-state index contributed by atoms with van der Waals surface area (Å²) < 4.78 is 30.0. The quantitative estimate of drug-likeness (QED) is 0.497. The van der Waals surface area contributed by atoms with Crippen molar-refractivity contribution in [2.24, 2.45) is 0 Å². The summed E-state index contributed by atoms with van der Waals surface area (Å²) in [5.41, 5.74) is 2.86. The number of aryl methyl sites for hydroxylation is 1. The Bertz CT molecular complexity index is 1250. The molecule has 1 aliphatic heterocycles. The number of fused-ring (bicyclic) bond motifs is 2. The molecule has 4 aromatic rings. The molecular formula is C21H18ClFN4O3. The Morgan fingerprint density at radius 3 is 2.77 bits per heavy atom. The number of nitrogens with zero attached hydrogens (tertiary/aromatic N) is 3. The van der Waals surface area contributed by atoms with Crippen molar-refractivity contribution >= 4 is 22.6 Å². The van der Waals surface area contributed by atoms with Crippen LogP contribution in [0.1, 0.15) is 17.3 Å². The lowest BCUT2D eigenvalue weighted by molar-refractivity contribution is 0.174. The maximum atomic E-state index is 13.4. The molecule has 3 heterocycles. The largest absolute Gasteiger partial charge is 0.454 e. The van der Waals surface area contributed by atoms with E-state index in [1.54, 1.807) is 18.2 Å². The van der Waals surface area contributed by atoms with Gasteiger partial charge in [-0.1, -0.05) is 11.6 Å². The molecule has 0 aliphatic carbocycles. The highest BCUT2D eigenvalue weighted by molar-refractivity contribution is 6.33. The molecule has 30 heavy (non-hydrogen) atoms. The molecule has 0 spiro atoms. The lowest BCUT2D eigenvalue weighted by atomic mass is 10.2. The van der Waals surface area contributed by atoms with E-state index in [0.717, 1.165) is 17.0 Å². The summed E-state index contributed by atoms with van der Waals surface area (Å²) >= 11 is 6.38. The molecule has 0 amide bonds. The molecule has 0 radical (unpaired) electrons. The fourth-order valence-electron chi connectivity index (χ4n) is 3.45.